The fraction of sp³-hybridized carbons (Fsp3) is 0.0435. The molecule has 0 unspecified atom stereocenters. The highest BCUT2D eigenvalue weighted by atomic mass is 35.5. The number of hydrogen-bond acceptors (Lipinski definition) is 6. The Kier molecular flexibility index (Phi) is 6.47. The lowest BCUT2D eigenvalue weighted by Gasteiger charge is -2.08. The third-order valence-electron chi connectivity index (χ3n) is 4.46. The SMILES string of the molecule is N#Cc1c(N=Cc2ccc(Oc3ccc(C(F)(F)F)cn3)cc2)n[nH]c1Nc1cccc(Cl)c1. The summed E-state index contributed by atoms with van der Waals surface area (Å²) in [4.78, 5) is 7.93. The first-order valence-electron chi connectivity index (χ1n) is 9.68. The first kappa shape index (κ1) is 22.8. The van der Waals surface area contributed by atoms with Gasteiger partial charge in [0.15, 0.2) is 5.82 Å². The molecule has 4 aromatic rings. The summed E-state index contributed by atoms with van der Waals surface area (Å²) in [6.07, 6.45) is -2.23. The minimum absolute atomic E-state index is 0.0318. The largest absolute Gasteiger partial charge is 0.439 e. The number of aromatic amines is 1. The Morgan fingerprint density at radius 2 is 1.91 bits per heavy atom. The van der Waals surface area contributed by atoms with Gasteiger partial charge < -0.3 is 10.1 Å². The van der Waals surface area contributed by atoms with E-state index in [1.807, 2.05) is 0 Å². The Hall–Kier alpha value is -4.36. The fourth-order valence-corrected chi connectivity index (χ4v) is 3.01. The second-order valence-corrected chi connectivity index (χ2v) is 7.29. The van der Waals surface area contributed by atoms with Crippen LogP contribution in [0.5, 0.6) is 11.6 Å². The maximum Gasteiger partial charge on any atom is 0.417 e. The van der Waals surface area contributed by atoms with E-state index >= 15 is 0 Å². The number of pyridine rings is 1. The normalized spacial score (nSPS) is 11.4. The molecule has 0 amide bonds. The number of anilines is 2. The molecule has 0 saturated heterocycles. The highest BCUT2D eigenvalue weighted by molar-refractivity contribution is 6.30. The third-order valence-corrected chi connectivity index (χ3v) is 4.69. The number of benzene rings is 2. The summed E-state index contributed by atoms with van der Waals surface area (Å²) < 4.78 is 43.3. The van der Waals surface area contributed by atoms with Crippen molar-refractivity contribution in [2.75, 3.05) is 5.32 Å². The zero-order valence-corrected chi connectivity index (χ0v) is 17.9. The molecular weight excluding hydrogens is 469 g/mol. The third kappa shape index (κ3) is 5.51. The van der Waals surface area contributed by atoms with Crippen molar-refractivity contribution < 1.29 is 17.9 Å². The van der Waals surface area contributed by atoms with E-state index in [9.17, 15) is 18.4 Å². The van der Waals surface area contributed by atoms with E-state index in [1.165, 1.54) is 6.21 Å². The molecule has 2 aromatic carbocycles. The number of nitriles is 1. The molecule has 0 radical (unpaired) electrons. The summed E-state index contributed by atoms with van der Waals surface area (Å²) in [5.74, 6) is 0.991. The summed E-state index contributed by atoms with van der Waals surface area (Å²) >= 11 is 5.98. The van der Waals surface area contributed by atoms with Crippen molar-refractivity contribution in [1.29, 1.82) is 5.26 Å². The van der Waals surface area contributed by atoms with E-state index < -0.39 is 11.7 Å². The maximum absolute atomic E-state index is 12.6. The second-order valence-electron chi connectivity index (χ2n) is 6.86. The van der Waals surface area contributed by atoms with Crippen LogP contribution in [0.4, 0.5) is 30.5 Å². The van der Waals surface area contributed by atoms with Crippen LogP contribution >= 0.6 is 11.6 Å². The van der Waals surface area contributed by atoms with Crippen molar-refractivity contribution in [3.05, 3.63) is 88.6 Å². The molecule has 0 fully saturated rings. The molecule has 2 N–H and O–H groups in total. The lowest BCUT2D eigenvalue weighted by Crippen LogP contribution is -2.05. The second kappa shape index (κ2) is 9.64. The smallest absolute Gasteiger partial charge is 0.417 e. The minimum atomic E-state index is -4.46. The van der Waals surface area contributed by atoms with Crippen molar-refractivity contribution >= 4 is 35.1 Å². The van der Waals surface area contributed by atoms with E-state index in [1.54, 1.807) is 48.5 Å². The number of halogens is 4. The van der Waals surface area contributed by atoms with Gasteiger partial charge in [-0.25, -0.2) is 9.98 Å². The Balaban J connectivity index is 1.43. The number of alkyl halides is 3. The standard InChI is InChI=1S/C23H14ClF3N6O/c24-16-2-1-3-17(10-16)31-22-19(11-28)21(32-33-22)30-12-14-4-7-18(8-5-14)34-20-9-6-15(13-29-20)23(25,26)27/h1-10,12-13H,(H2,31,32,33). The number of ether oxygens (including phenoxy) is 1. The van der Waals surface area contributed by atoms with Crippen LogP contribution in [0.3, 0.4) is 0 Å². The van der Waals surface area contributed by atoms with Gasteiger partial charge in [-0.3, -0.25) is 5.10 Å². The number of hydrogen-bond donors (Lipinski definition) is 2. The maximum atomic E-state index is 12.6. The predicted octanol–water partition coefficient (Wildman–Crippen LogP) is 6.64. The van der Waals surface area contributed by atoms with Crippen LogP contribution in [0.1, 0.15) is 16.7 Å². The Morgan fingerprint density at radius 3 is 2.56 bits per heavy atom. The van der Waals surface area contributed by atoms with Gasteiger partial charge in [0.2, 0.25) is 5.88 Å². The number of H-pyrrole nitrogens is 1. The average molecular weight is 483 g/mol. The van der Waals surface area contributed by atoms with Gasteiger partial charge in [0.05, 0.1) is 5.56 Å². The van der Waals surface area contributed by atoms with Crippen molar-refractivity contribution in [2.45, 2.75) is 6.18 Å². The summed E-state index contributed by atoms with van der Waals surface area (Å²) in [6, 6.07) is 17.7. The van der Waals surface area contributed by atoms with Gasteiger partial charge in [-0.2, -0.15) is 23.5 Å². The zero-order chi connectivity index (χ0) is 24.1. The van der Waals surface area contributed by atoms with Crippen LogP contribution < -0.4 is 10.1 Å². The molecule has 2 heterocycles. The molecule has 7 nitrogen and oxygen atoms in total. The lowest BCUT2D eigenvalue weighted by atomic mass is 10.2. The summed E-state index contributed by atoms with van der Waals surface area (Å²) in [5, 5.41) is 19.9. The number of nitrogens with one attached hydrogen (secondary N) is 2. The Morgan fingerprint density at radius 1 is 1.12 bits per heavy atom. The van der Waals surface area contributed by atoms with Crippen molar-refractivity contribution in [1.82, 2.24) is 15.2 Å². The van der Waals surface area contributed by atoms with Gasteiger partial charge >= 0.3 is 6.18 Å². The lowest BCUT2D eigenvalue weighted by molar-refractivity contribution is -0.137. The van der Waals surface area contributed by atoms with Gasteiger partial charge in [0.25, 0.3) is 0 Å². The number of nitrogens with zero attached hydrogens (tertiary/aromatic N) is 4. The van der Waals surface area contributed by atoms with Crippen molar-refractivity contribution in [2.24, 2.45) is 4.99 Å². The zero-order valence-electron chi connectivity index (χ0n) is 17.1. The molecule has 0 aliphatic heterocycles. The van der Waals surface area contributed by atoms with Crippen LogP contribution in [0.25, 0.3) is 0 Å². The van der Waals surface area contributed by atoms with Crippen molar-refractivity contribution in [3.63, 3.8) is 0 Å². The molecule has 0 atom stereocenters. The molecule has 170 valence electrons. The van der Waals surface area contributed by atoms with E-state index in [4.69, 9.17) is 16.3 Å². The van der Waals surface area contributed by atoms with E-state index in [-0.39, 0.29) is 17.3 Å². The molecule has 34 heavy (non-hydrogen) atoms. The highest BCUT2D eigenvalue weighted by Crippen LogP contribution is 2.30. The molecule has 0 bridgehead atoms. The monoisotopic (exact) mass is 482 g/mol. The Labute approximate surface area is 196 Å². The molecule has 11 heteroatoms. The van der Waals surface area contributed by atoms with Gasteiger partial charge in [0, 0.05) is 29.2 Å². The van der Waals surface area contributed by atoms with Gasteiger partial charge in [-0.1, -0.05) is 17.7 Å². The van der Waals surface area contributed by atoms with E-state index in [2.05, 4.69) is 31.6 Å². The van der Waals surface area contributed by atoms with Crippen LogP contribution in [0, 0.1) is 11.3 Å². The molecule has 2 aromatic heterocycles. The van der Waals surface area contributed by atoms with Crippen LogP contribution in [-0.2, 0) is 6.18 Å². The number of aliphatic imine (C=N–C) groups is 1. The fourth-order valence-electron chi connectivity index (χ4n) is 2.82. The Bertz CT molecular complexity index is 1360. The topological polar surface area (TPSA) is 99.0 Å². The molecule has 0 saturated carbocycles. The summed E-state index contributed by atoms with van der Waals surface area (Å²) in [6.45, 7) is 0. The van der Waals surface area contributed by atoms with Crippen molar-refractivity contribution in [3.8, 4) is 17.7 Å². The molecule has 0 aliphatic rings. The van der Waals surface area contributed by atoms with Crippen LogP contribution in [0.15, 0.2) is 71.9 Å². The van der Waals surface area contributed by atoms with E-state index in [0.717, 1.165) is 12.1 Å². The van der Waals surface area contributed by atoms with Gasteiger partial charge in [0.1, 0.15) is 23.2 Å². The van der Waals surface area contributed by atoms with Gasteiger partial charge in [-0.15, -0.1) is 0 Å². The first-order chi connectivity index (χ1) is 16.3. The molecule has 4 rings (SSSR count). The minimum Gasteiger partial charge on any atom is -0.439 e. The molecule has 0 aliphatic carbocycles. The highest BCUT2D eigenvalue weighted by Gasteiger charge is 2.30. The van der Waals surface area contributed by atoms with E-state index in [0.29, 0.717) is 34.0 Å². The van der Waals surface area contributed by atoms with Gasteiger partial charge in [-0.05, 0) is 54.1 Å². The first-order valence-corrected chi connectivity index (χ1v) is 10.1. The quantitative estimate of drug-likeness (QED) is 0.300. The number of rotatable bonds is 6. The van der Waals surface area contributed by atoms with Crippen LogP contribution in [0.2, 0.25) is 5.02 Å². The average Bonchev–Trinajstić information content (AvgIpc) is 3.19. The van der Waals surface area contributed by atoms with Crippen LogP contribution in [-0.4, -0.2) is 21.4 Å². The number of aromatic nitrogens is 3. The summed E-state index contributed by atoms with van der Waals surface area (Å²) in [7, 11) is 0. The summed E-state index contributed by atoms with van der Waals surface area (Å²) in [5.41, 5.74) is 0.738. The predicted molar refractivity (Wildman–Crippen MR) is 121 cm³/mol. The molecular formula is C23H14ClF3N6O. The molecule has 0 spiro atoms.